The first-order chi connectivity index (χ1) is 5.84. The molecule has 1 nitrogen and oxygen atoms in total. The fraction of sp³-hybridized carbons (Fsp3) is 1.00. The highest BCUT2D eigenvalue weighted by Crippen LogP contribution is 2.31. The largest absolute Gasteiger partial charge is 0.385 e. The first-order valence-electron chi connectivity index (χ1n) is 5.33. The molecule has 0 radical (unpaired) electrons. The van der Waals surface area contributed by atoms with Gasteiger partial charge in [0.05, 0.1) is 0 Å². The van der Waals surface area contributed by atoms with Crippen LogP contribution in [0.15, 0.2) is 0 Å². The normalized spacial score (nSPS) is 22.5. The maximum atomic E-state index is 5.10. The molecule has 0 aromatic carbocycles. The third-order valence-corrected chi connectivity index (χ3v) is 3.23. The van der Waals surface area contributed by atoms with Gasteiger partial charge in [-0.05, 0) is 18.3 Å². The molecule has 0 heterocycles. The molecule has 1 fully saturated rings. The predicted molar refractivity (Wildman–Crippen MR) is 52.2 cm³/mol. The molecule has 72 valence electrons. The Balaban J connectivity index is 2.15. The van der Waals surface area contributed by atoms with Gasteiger partial charge in [-0.3, -0.25) is 0 Å². The SMILES string of the molecule is COCCC(C)C1CCCCC1. The highest BCUT2D eigenvalue weighted by Gasteiger charge is 2.19. The number of ether oxygens (including phenoxy) is 1. The Morgan fingerprint density at radius 2 is 1.92 bits per heavy atom. The first-order valence-corrected chi connectivity index (χ1v) is 5.33. The molecule has 0 amide bonds. The van der Waals surface area contributed by atoms with Crippen LogP contribution in [0.3, 0.4) is 0 Å². The minimum Gasteiger partial charge on any atom is -0.385 e. The average molecular weight is 170 g/mol. The maximum Gasteiger partial charge on any atom is 0.0464 e. The topological polar surface area (TPSA) is 9.23 Å². The Labute approximate surface area is 76.5 Å². The zero-order valence-corrected chi connectivity index (χ0v) is 8.51. The number of hydrogen-bond donors (Lipinski definition) is 0. The summed E-state index contributed by atoms with van der Waals surface area (Å²) in [6, 6.07) is 0. The van der Waals surface area contributed by atoms with E-state index < -0.39 is 0 Å². The predicted octanol–water partition coefficient (Wildman–Crippen LogP) is 3.24. The first kappa shape index (κ1) is 10.0. The van der Waals surface area contributed by atoms with Crippen LogP contribution in [0.25, 0.3) is 0 Å². The van der Waals surface area contributed by atoms with E-state index in [0.29, 0.717) is 0 Å². The van der Waals surface area contributed by atoms with Crippen LogP contribution in [0.5, 0.6) is 0 Å². The Bertz CT molecular complexity index is 106. The number of rotatable bonds is 4. The van der Waals surface area contributed by atoms with Crippen LogP contribution in [-0.2, 0) is 4.74 Å². The molecule has 0 aromatic rings. The van der Waals surface area contributed by atoms with Crippen LogP contribution < -0.4 is 0 Å². The van der Waals surface area contributed by atoms with Gasteiger partial charge in [0.25, 0.3) is 0 Å². The van der Waals surface area contributed by atoms with E-state index in [9.17, 15) is 0 Å². The van der Waals surface area contributed by atoms with Crippen molar-refractivity contribution in [2.24, 2.45) is 11.8 Å². The lowest BCUT2D eigenvalue weighted by Crippen LogP contribution is -2.16. The van der Waals surface area contributed by atoms with E-state index >= 15 is 0 Å². The third-order valence-electron chi connectivity index (χ3n) is 3.23. The Morgan fingerprint density at radius 3 is 2.50 bits per heavy atom. The Hall–Kier alpha value is -0.0400. The molecular formula is C11H22O. The van der Waals surface area contributed by atoms with Gasteiger partial charge in [0.1, 0.15) is 0 Å². The van der Waals surface area contributed by atoms with E-state index in [1.165, 1.54) is 38.5 Å². The van der Waals surface area contributed by atoms with Crippen molar-refractivity contribution in [2.75, 3.05) is 13.7 Å². The molecule has 1 aliphatic carbocycles. The van der Waals surface area contributed by atoms with Crippen LogP contribution in [-0.4, -0.2) is 13.7 Å². The summed E-state index contributed by atoms with van der Waals surface area (Å²) in [4.78, 5) is 0. The molecule has 0 bridgehead atoms. The monoisotopic (exact) mass is 170 g/mol. The van der Waals surface area contributed by atoms with Crippen molar-refractivity contribution in [3.63, 3.8) is 0 Å². The quantitative estimate of drug-likeness (QED) is 0.629. The summed E-state index contributed by atoms with van der Waals surface area (Å²) < 4.78 is 5.10. The molecule has 1 unspecified atom stereocenters. The van der Waals surface area contributed by atoms with Crippen LogP contribution >= 0.6 is 0 Å². The maximum absolute atomic E-state index is 5.10. The van der Waals surface area contributed by atoms with Crippen molar-refractivity contribution in [3.8, 4) is 0 Å². The molecule has 0 aromatic heterocycles. The average Bonchev–Trinajstić information content (AvgIpc) is 2.15. The van der Waals surface area contributed by atoms with Crippen LogP contribution in [0.4, 0.5) is 0 Å². The standard InChI is InChI=1S/C11H22O/c1-10(8-9-12-2)11-6-4-3-5-7-11/h10-11H,3-9H2,1-2H3. The Kier molecular flexibility index (Phi) is 4.67. The molecular weight excluding hydrogens is 148 g/mol. The van der Waals surface area contributed by atoms with Gasteiger partial charge < -0.3 is 4.74 Å². The van der Waals surface area contributed by atoms with Gasteiger partial charge in [-0.2, -0.15) is 0 Å². The highest BCUT2D eigenvalue weighted by molar-refractivity contribution is 4.70. The van der Waals surface area contributed by atoms with E-state index in [0.717, 1.165) is 18.4 Å². The fourth-order valence-electron chi connectivity index (χ4n) is 2.24. The molecule has 1 saturated carbocycles. The van der Waals surface area contributed by atoms with Crippen molar-refractivity contribution in [1.82, 2.24) is 0 Å². The second-order valence-corrected chi connectivity index (χ2v) is 4.16. The van der Waals surface area contributed by atoms with Crippen LogP contribution in [0.1, 0.15) is 45.4 Å². The van der Waals surface area contributed by atoms with E-state index in [1.54, 1.807) is 7.11 Å². The molecule has 0 N–H and O–H groups in total. The summed E-state index contributed by atoms with van der Waals surface area (Å²) >= 11 is 0. The van der Waals surface area contributed by atoms with Crippen molar-refractivity contribution in [3.05, 3.63) is 0 Å². The minimum absolute atomic E-state index is 0.880. The molecule has 12 heavy (non-hydrogen) atoms. The highest BCUT2D eigenvalue weighted by atomic mass is 16.5. The molecule has 0 spiro atoms. The zero-order valence-electron chi connectivity index (χ0n) is 8.51. The fourth-order valence-corrected chi connectivity index (χ4v) is 2.24. The van der Waals surface area contributed by atoms with Crippen molar-refractivity contribution < 1.29 is 4.74 Å². The molecule has 1 heteroatoms. The van der Waals surface area contributed by atoms with E-state index in [4.69, 9.17) is 4.74 Å². The molecule has 1 rings (SSSR count). The summed E-state index contributed by atoms with van der Waals surface area (Å²) in [5, 5.41) is 0. The summed E-state index contributed by atoms with van der Waals surface area (Å²) in [6.07, 6.45) is 8.56. The lowest BCUT2D eigenvalue weighted by molar-refractivity contribution is 0.153. The lowest BCUT2D eigenvalue weighted by atomic mass is 9.80. The summed E-state index contributed by atoms with van der Waals surface area (Å²) in [5.41, 5.74) is 0. The summed E-state index contributed by atoms with van der Waals surface area (Å²) in [7, 11) is 1.80. The van der Waals surface area contributed by atoms with Gasteiger partial charge in [-0.25, -0.2) is 0 Å². The van der Waals surface area contributed by atoms with Gasteiger partial charge in [0.2, 0.25) is 0 Å². The number of methoxy groups -OCH3 is 1. The Morgan fingerprint density at radius 1 is 1.25 bits per heavy atom. The molecule has 0 saturated heterocycles. The third kappa shape index (κ3) is 3.14. The van der Waals surface area contributed by atoms with E-state index in [1.807, 2.05) is 0 Å². The second-order valence-electron chi connectivity index (χ2n) is 4.16. The molecule has 0 aliphatic heterocycles. The smallest absolute Gasteiger partial charge is 0.0464 e. The van der Waals surface area contributed by atoms with Crippen molar-refractivity contribution >= 4 is 0 Å². The van der Waals surface area contributed by atoms with Crippen LogP contribution in [0.2, 0.25) is 0 Å². The zero-order chi connectivity index (χ0) is 8.81. The van der Waals surface area contributed by atoms with Gasteiger partial charge in [0.15, 0.2) is 0 Å². The molecule has 1 aliphatic rings. The van der Waals surface area contributed by atoms with E-state index in [-0.39, 0.29) is 0 Å². The second kappa shape index (κ2) is 5.58. The van der Waals surface area contributed by atoms with Gasteiger partial charge in [-0.15, -0.1) is 0 Å². The molecule has 1 atom stereocenters. The van der Waals surface area contributed by atoms with Gasteiger partial charge in [0, 0.05) is 13.7 Å². The lowest BCUT2D eigenvalue weighted by Gasteiger charge is -2.27. The van der Waals surface area contributed by atoms with Gasteiger partial charge in [-0.1, -0.05) is 39.0 Å². The van der Waals surface area contributed by atoms with E-state index in [2.05, 4.69) is 6.92 Å². The van der Waals surface area contributed by atoms with Gasteiger partial charge >= 0.3 is 0 Å². The summed E-state index contributed by atoms with van der Waals surface area (Å²) in [6.45, 7) is 3.33. The van der Waals surface area contributed by atoms with Crippen molar-refractivity contribution in [2.45, 2.75) is 45.4 Å². The summed E-state index contributed by atoms with van der Waals surface area (Å²) in [5.74, 6) is 1.87. The van der Waals surface area contributed by atoms with Crippen LogP contribution in [0, 0.1) is 11.8 Å². The minimum atomic E-state index is 0.880. The number of hydrogen-bond acceptors (Lipinski definition) is 1. The van der Waals surface area contributed by atoms with Crippen molar-refractivity contribution in [1.29, 1.82) is 0 Å².